The number of benzene rings is 1. The van der Waals surface area contributed by atoms with Gasteiger partial charge in [0.15, 0.2) is 0 Å². The third-order valence-electron chi connectivity index (χ3n) is 6.26. The quantitative estimate of drug-likeness (QED) is 0.346. The fourth-order valence-corrected chi connectivity index (χ4v) is 4.44. The van der Waals surface area contributed by atoms with Gasteiger partial charge in [0.25, 0.3) is 0 Å². The summed E-state index contributed by atoms with van der Waals surface area (Å²) in [7, 11) is 0. The minimum absolute atomic E-state index is 0.161. The Labute approximate surface area is 214 Å². The van der Waals surface area contributed by atoms with Crippen molar-refractivity contribution in [3.05, 3.63) is 77.0 Å². The molecule has 4 aromatic heterocycles. The van der Waals surface area contributed by atoms with Crippen LogP contribution in [0, 0.1) is 0 Å². The molecule has 5 rings (SSSR count). The van der Waals surface area contributed by atoms with Crippen LogP contribution < -0.4 is 5.69 Å². The fraction of sp³-hybridized carbons (Fsp3) is 0.346. The number of aromatic nitrogens is 10. The van der Waals surface area contributed by atoms with Crippen molar-refractivity contribution in [2.24, 2.45) is 0 Å². The van der Waals surface area contributed by atoms with E-state index in [9.17, 15) is 4.79 Å². The van der Waals surface area contributed by atoms with Gasteiger partial charge in [-0.15, -0.1) is 10.2 Å². The third-order valence-corrected chi connectivity index (χ3v) is 6.26. The van der Waals surface area contributed by atoms with E-state index >= 15 is 0 Å². The molecule has 0 fully saturated rings. The van der Waals surface area contributed by atoms with E-state index in [1.54, 1.807) is 15.4 Å². The molecule has 0 saturated heterocycles. The second-order valence-corrected chi connectivity index (χ2v) is 9.92. The van der Waals surface area contributed by atoms with Gasteiger partial charge in [-0.25, -0.2) is 14.0 Å². The van der Waals surface area contributed by atoms with Crippen molar-refractivity contribution in [1.82, 2.24) is 49.5 Å². The highest BCUT2D eigenvalue weighted by Crippen LogP contribution is 2.32. The summed E-state index contributed by atoms with van der Waals surface area (Å²) in [6, 6.07) is 9.84. The molecule has 0 bridgehead atoms. The van der Waals surface area contributed by atoms with Crippen LogP contribution in [0.1, 0.15) is 51.8 Å². The number of unbranched alkanes of at least 4 members (excludes halogenated alkanes) is 1. The van der Waals surface area contributed by atoms with Gasteiger partial charge in [0.1, 0.15) is 6.33 Å². The van der Waals surface area contributed by atoms with E-state index in [2.05, 4.69) is 42.6 Å². The van der Waals surface area contributed by atoms with Gasteiger partial charge in [0.05, 0.1) is 12.1 Å². The minimum Gasteiger partial charge on any atom is -0.291 e. The summed E-state index contributed by atoms with van der Waals surface area (Å²) in [6.07, 6.45) is 9.72. The maximum absolute atomic E-state index is 13.8. The Balaban J connectivity index is 1.62. The number of H-pyrrole nitrogens is 1. The van der Waals surface area contributed by atoms with Crippen LogP contribution in [0.2, 0.25) is 0 Å². The van der Waals surface area contributed by atoms with E-state index in [0.717, 1.165) is 47.2 Å². The largest absolute Gasteiger partial charge is 0.335 e. The zero-order valence-electron chi connectivity index (χ0n) is 21.5. The molecule has 37 heavy (non-hydrogen) atoms. The van der Waals surface area contributed by atoms with Crippen LogP contribution in [-0.2, 0) is 18.5 Å². The lowest BCUT2D eigenvalue weighted by Crippen LogP contribution is -2.31. The molecule has 1 N–H and O–H groups in total. The van der Waals surface area contributed by atoms with Crippen LogP contribution in [0.4, 0.5) is 0 Å². The van der Waals surface area contributed by atoms with Crippen molar-refractivity contribution >= 4 is 0 Å². The van der Waals surface area contributed by atoms with Gasteiger partial charge >= 0.3 is 5.69 Å². The molecule has 0 amide bonds. The van der Waals surface area contributed by atoms with E-state index in [4.69, 9.17) is 0 Å². The summed E-state index contributed by atoms with van der Waals surface area (Å²) in [4.78, 5) is 22.6. The highest BCUT2D eigenvalue weighted by Gasteiger charge is 2.23. The van der Waals surface area contributed by atoms with Gasteiger partial charge < -0.3 is 0 Å². The number of rotatable bonds is 8. The number of imidazole rings is 1. The molecule has 0 aliphatic heterocycles. The van der Waals surface area contributed by atoms with Crippen LogP contribution >= 0.6 is 0 Å². The fourth-order valence-electron chi connectivity index (χ4n) is 4.44. The molecule has 11 nitrogen and oxygen atoms in total. The van der Waals surface area contributed by atoms with Gasteiger partial charge in [-0.1, -0.05) is 37.6 Å². The zero-order chi connectivity index (χ0) is 26.0. The Kier molecular flexibility index (Phi) is 6.51. The van der Waals surface area contributed by atoms with Gasteiger partial charge in [-0.05, 0) is 61.6 Å². The van der Waals surface area contributed by atoms with Crippen molar-refractivity contribution in [3.8, 4) is 28.5 Å². The molecule has 0 aliphatic rings. The first-order chi connectivity index (χ1) is 17.9. The predicted octanol–water partition coefficient (Wildman–Crippen LogP) is 3.62. The molecular formula is C26H30N10O. The maximum Gasteiger partial charge on any atom is 0.335 e. The molecule has 11 heteroatoms. The molecule has 5 aromatic rings. The average molecular weight is 499 g/mol. The number of nitrogens with zero attached hydrogens (tertiary/aromatic N) is 9. The first kappa shape index (κ1) is 24.3. The van der Waals surface area contributed by atoms with E-state index in [1.165, 1.54) is 6.33 Å². The van der Waals surface area contributed by atoms with Crippen molar-refractivity contribution < 1.29 is 0 Å². The van der Waals surface area contributed by atoms with Gasteiger partial charge in [-0.3, -0.25) is 9.55 Å². The SMILES string of the molecule is CCCCc1cn(-c2ncnn2C(C)(C)C)c(=O)n1Cc1cnccc1-c1ccccc1-c1nn[nH]n1. The number of tetrazole rings is 1. The minimum atomic E-state index is -0.327. The van der Waals surface area contributed by atoms with Crippen LogP contribution in [0.3, 0.4) is 0 Å². The lowest BCUT2D eigenvalue weighted by atomic mass is 9.96. The molecular weight excluding hydrogens is 468 g/mol. The summed E-state index contributed by atoms with van der Waals surface area (Å²) in [6.45, 7) is 8.61. The molecule has 0 radical (unpaired) electrons. The molecule has 0 saturated carbocycles. The number of pyridine rings is 1. The van der Waals surface area contributed by atoms with Crippen LogP contribution in [-0.4, -0.2) is 49.5 Å². The average Bonchev–Trinajstić information content (AvgIpc) is 3.65. The van der Waals surface area contributed by atoms with Crippen LogP contribution in [0.5, 0.6) is 0 Å². The van der Waals surface area contributed by atoms with E-state index in [1.807, 2.05) is 68.1 Å². The topological polar surface area (TPSA) is 125 Å². The molecule has 0 aliphatic carbocycles. The summed E-state index contributed by atoms with van der Waals surface area (Å²) < 4.78 is 5.19. The highest BCUT2D eigenvalue weighted by atomic mass is 16.2. The number of nitrogens with one attached hydrogen (secondary N) is 1. The summed E-state index contributed by atoms with van der Waals surface area (Å²) >= 11 is 0. The second-order valence-electron chi connectivity index (χ2n) is 9.92. The molecule has 0 spiro atoms. The van der Waals surface area contributed by atoms with E-state index in [-0.39, 0.29) is 11.2 Å². The lowest BCUT2D eigenvalue weighted by molar-refractivity contribution is 0.349. The zero-order valence-corrected chi connectivity index (χ0v) is 21.5. The smallest absolute Gasteiger partial charge is 0.291 e. The standard InChI is InChI=1S/C26H30N10O/c1-5-6-9-19-16-35(24-28-17-29-36(24)26(2,3)4)25(37)34(19)15-18-14-27-13-12-20(18)21-10-7-8-11-22(21)23-30-32-33-31-23/h7-8,10-14,16-17H,5-6,9,15H2,1-4H3,(H,30,31,32,33). The first-order valence-corrected chi connectivity index (χ1v) is 12.4. The number of aromatic amines is 1. The third kappa shape index (κ3) is 4.72. The number of aryl methyl sites for hydroxylation is 1. The Morgan fingerprint density at radius 3 is 2.59 bits per heavy atom. The van der Waals surface area contributed by atoms with Gasteiger partial charge in [0, 0.05) is 29.8 Å². The summed E-state index contributed by atoms with van der Waals surface area (Å²) in [5, 5.41) is 19.0. The van der Waals surface area contributed by atoms with Gasteiger partial charge in [0.2, 0.25) is 11.8 Å². The van der Waals surface area contributed by atoms with Crippen molar-refractivity contribution in [2.45, 2.75) is 59.0 Å². The number of hydrogen-bond acceptors (Lipinski definition) is 7. The monoisotopic (exact) mass is 498 g/mol. The van der Waals surface area contributed by atoms with Crippen LogP contribution in [0.15, 0.2) is 60.0 Å². The van der Waals surface area contributed by atoms with E-state index in [0.29, 0.717) is 18.3 Å². The maximum atomic E-state index is 13.8. The molecule has 1 aromatic carbocycles. The molecule has 4 heterocycles. The Bertz CT molecular complexity index is 1550. The molecule has 0 unspecified atom stereocenters. The predicted molar refractivity (Wildman–Crippen MR) is 139 cm³/mol. The second kappa shape index (κ2) is 9.92. The Morgan fingerprint density at radius 2 is 1.86 bits per heavy atom. The van der Waals surface area contributed by atoms with Crippen molar-refractivity contribution in [2.75, 3.05) is 0 Å². The molecule has 0 atom stereocenters. The Hall–Kier alpha value is -4.41. The summed E-state index contributed by atoms with van der Waals surface area (Å²) in [5.41, 5.74) is 4.10. The van der Waals surface area contributed by atoms with E-state index < -0.39 is 0 Å². The first-order valence-electron chi connectivity index (χ1n) is 12.4. The number of hydrogen-bond donors (Lipinski definition) is 1. The lowest BCUT2D eigenvalue weighted by Gasteiger charge is -2.20. The van der Waals surface area contributed by atoms with Crippen molar-refractivity contribution in [1.29, 1.82) is 0 Å². The van der Waals surface area contributed by atoms with Gasteiger partial charge in [-0.2, -0.15) is 15.3 Å². The normalized spacial score (nSPS) is 11.8. The van der Waals surface area contributed by atoms with Crippen LogP contribution in [0.25, 0.3) is 28.5 Å². The summed E-state index contributed by atoms with van der Waals surface area (Å²) in [5.74, 6) is 1.01. The highest BCUT2D eigenvalue weighted by molar-refractivity contribution is 5.81. The molecule has 190 valence electrons. The van der Waals surface area contributed by atoms with Crippen molar-refractivity contribution in [3.63, 3.8) is 0 Å². The Morgan fingerprint density at radius 1 is 1.05 bits per heavy atom.